The van der Waals surface area contributed by atoms with Gasteiger partial charge in [0.25, 0.3) is 0 Å². The van der Waals surface area contributed by atoms with Gasteiger partial charge in [0.05, 0.1) is 0 Å². The lowest BCUT2D eigenvalue weighted by atomic mass is 10.2. The molecule has 0 unspecified atom stereocenters. The summed E-state index contributed by atoms with van der Waals surface area (Å²) in [6.07, 6.45) is 2.81. The highest BCUT2D eigenvalue weighted by Crippen LogP contribution is 2.14. The number of hydrogen-bond acceptors (Lipinski definition) is 3. The minimum absolute atomic E-state index is 0.233. The largest absolute Gasteiger partial charge is 0.481 e. The molecule has 0 saturated carbocycles. The normalized spacial score (nSPS) is 10.4. The fourth-order valence-corrected chi connectivity index (χ4v) is 1.97. The average molecular weight is 257 g/mol. The number of hydrogen-bond donors (Lipinski definition) is 2. The summed E-state index contributed by atoms with van der Waals surface area (Å²) in [5, 5.41) is 8.44. The van der Waals surface area contributed by atoms with Gasteiger partial charge in [0.1, 0.15) is 5.82 Å². The number of halogens is 1. The molecule has 0 aliphatic heterocycles. The van der Waals surface area contributed by atoms with Crippen molar-refractivity contribution in [2.24, 2.45) is 0 Å². The number of carbonyl (C=O) groups is 1. The molecule has 0 bridgehead atoms. The number of carboxylic acids is 1. The highest BCUT2D eigenvalue weighted by Gasteiger charge is 1.97. The molecule has 1 rings (SSSR count). The Hall–Kier alpha value is -1.07. The Labute approximate surface area is 105 Å². The lowest BCUT2D eigenvalue weighted by molar-refractivity contribution is -0.137. The number of benzene rings is 1. The van der Waals surface area contributed by atoms with E-state index in [1.54, 1.807) is 12.1 Å². The van der Waals surface area contributed by atoms with Crippen molar-refractivity contribution in [2.45, 2.75) is 30.6 Å². The molecule has 0 atom stereocenters. The lowest BCUT2D eigenvalue weighted by Gasteiger charge is -2.03. The zero-order valence-electron chi connectivity index (χ0n) is 9.49. The quantitative estimate of drug-likeness (QED) is 0.555. The van der Waals surface area contributed by atoms with Crippen LogP contribution in [0.3, 0.4) is 0 Å². The number of carboxylic acid groups (broad SMARTS) is 1. The Balaban J connectivity index is 2.01. The van der Waals surface area contributed by atoms with Gasteiger partial charge in [-0.3, -0.25) is 9.52 Å². The summed E-state index contributed by atoms with van der Waals surface area (Å²) in [6.45, 7) is 0.821. The fraction of sp³-hybridized carbons (Fsp3) is 0.417. The molecular weight excluding hydrogens is 241 g/mol. The molecular formula is C12H16FNO2S. The van der Waals surface area contributed by atoms with Gasteiger partial charge in [-0.2, -0.15) is 0 Å². The first-order valence-corrected chi connectivity index (χ1v) is 6.37. The van der Waals surface area contributed by atoms with Crippen molar-refractivity contribution in [2.75, 3.05) is 6.54 Å². The van der Waals surface area contributed by atoms with E-state index in [1.807, 2.05) is 0 Å². The second-order valence-corrected chi connectivity index (χ2v) is 4.62. The summed E-state index contributed by atoms with van der Waals surface area (Å²) in [6, 6.07) is 6.29. The van der Waals surface area contributed by atoms with Crippen LogP contribution in [-0.2, 0) is 4.79 Å². The van der Waals surface area contributed by atoms with Gasteiger partial charge in [0.2, 0.25) is 0 Å². The molecule has 0 saturated heterocycles. The zero-order chi connectivity index (χ0) is 12.5. The predicted octanol–water partition coefficient (Wildman–Crippen LogP) is 3.07. The van der Waals surface area contributed by atoms with Crippen LogP contribution in [0.1, 0.15) is 25.7 Å². The van der Waals surface area contributed by atoms with E-state index in [9.17, 15) is 9.18 Å². The molecule has 3 nitrogen and oxygen atoms in total. The van der Waals surface area contributed by atoms with E-state index in [4.69, 9.17) is 5.11 Å². The van der Waals surface area contributed by atoms with E-state index in [0.717, 1.165) is 30.7 Å². The number of nitrogens with one attached hydrogen (secondary N) is 1. The van der Waals surface area contributed by atoms with Crippen LogP contribution in [0, 0.1) is 5.82 Å². The number of unbranched alkanes of at least 4 members (excludes halogenated alkanes) is 2. The van der Waals surface area contributed by atoms with Crippen LogP contribution in [0.15, 0.2) is 29.2 Å². The van der Waals surface area contributed by atoms with Crippen molar-refractivity contribution < 1.29 is 14.3 Å². The highest BCUT2D eigenvalue weighted by molar-refractivity contribution is 7.97. The summed E-state index contributed by atoms with van der Waals surface area (Å²) in [5.41, 5.74) is 0. The smallest absolute Gasteiger partial charge is 0.303 e. The van der Waals surface area contributed by atoms with Crippen molar-refractivity contribution in [3.05, 3.63) is 30.1 Å². The molecule has 94 valence electrons. The highest BCUT2D eigenvalue weighted by atomic mass is 32.2. The van der Waals surface area contributed by atoms with Crippen LogP contribution in [0.4, 0.5) is 4.39 Å². The summed E-state index contributed by atoms with van der Waals surface area (Å²) in [4.78, 5) is 11.2. The Morgan fingerprint density at radius 2 is 1.94 bits per heavy atom. The van der Waals surface area contributed by atoms with Crippen LogP contribution < -0.4 is 4.72 Å². The molecule has 0 spiro atoms. The Bertz CT molecular complexity index is 343. The molecule has 2 N–H and O–H groups in total. The second-order valence-electron chi connectivity index (χ2n) is 3.65. The van der Waals surface area contributed by atoms with Crippen molar-refractivity contribution in [1.82, 2.24) is 4.72 Å². The van der Waals surface area contributed by atoms with Crippen molar-refractivity contribution in [1.29, 1.82) is 0 Å². The standard InChI is InChI=1S/C12H16FNO2S/c13-10-5-7-11(8-6-10)17-14-9-3-1-2-4-12(15)16/h5-8,14H,1-4,9H2,(H,15,16). The monoisotopic (exact) mass is 257 g/mol. The first-order chi connectivity index (χ1) is 8.18. The van der Waals surface area contributed by atoms with Gasteiger partial charge in [-0.1, -0.05) is 6.42 Å². The summed E-state index contributed by atoms with van der Waals surface area (Å²) < 4.78 is 15.8. The van der Waals surface area contributed by atoms with Crippen molar-refractivity contribution >= 4 is 17.9 Å². The Morgan fingerprint density at radius 3 is 2.59 bits per heavy atom. The molecule has 0 aliphatic rings. The first kappa shape index (κ1) is 14.0. The van der Waals surface area contributed by atoms with Crippen LogP contribution >= 0.6 is 11.9 Å². The Morgan fingerprint density at radius 1 is 1.24 bits per heavy atom. The molecule has 0 fully saturated rings. The molecule has 0 heterocycles. The zero-order valence-corrected chi connectivity index (χ0v) is 10.3. The maximum absolute atomic E-state index is 12.6. The number of rotatable bonds is 8. The van der Waals surface area contributed by atoms with Gasteiger partial charge < -0.3 is 5.11 Å². The maximum atomic E-state index is 12.6. The lowest BCUT2D eigenvalue weighted by Crippen LogP contribution is -2.05. The molecule has 0 amide bonds. The van der Waals surface area contributed by atoms with Crippen LogP contribution in [-0.4, -0.2) is 17.6 Å². The van der Waals surface area contributed by atoms with Gasteiger partial charge >= 0.3 is 5.97 Å². The first-order valence-electron chi connectivity index (χ1n) is 5.55. The molecule has 0 aliphatic carbocycles. The molecule has 17 heavy (non-hydrogen) atoms. The maximum Gasteiger partial charge on any atom is 0.303 e. The van der Waals surface area contributed by atoms with Gasteiger partial charge in [0, 0.05) is 17.9 Å². The van der Waals surface area contributed by atoms with E-state index in [1.165, 1.54) is 24.1 Å². The third-order valence-corrected chi connectivity index (χ3v) is 3.03. The fourth-order valence-electron chi connectivity index (χ4n) is 1.29. The summed E-state index contributed by atoms with van der Waals surface area (Å²) >= 11 is 1.46. The van der Waals surface area contributed by atoms with E-state index in [2.05, 4.69) is 4.72 Å². The van der Waals surface area contributed by atoms with Gasteiger partial charge in [0.15, 0.2) is 0 Å². The minimum Gasteiger partial charge on any atom is -0.481 e. The van der Waals surface area contributed by atoms with Gasteiger partial charge in [-0.05, 0) is 49.1 Å². The molecule has 0 radical (unpaired) electrons. The van der Waals surface area contributed by atoms with Gasteiger partial charge in [-0.25, -0.2) is 4.39 Å². The van der Waals surface area contributed by atoms with E-state index in [-0.39, 0.29) is 12.2 Å². The summed E-state index contributed by atoms with van der Waals surface area (Å²) in [5.74, 6) is -0.971. The average Bonchev–Trinajstić information content (AvgIpc) is 2.30. The van der Waals surface area contributed by atoms with Crippen molar-refractivity contribution in [3.8, 4) is 0 Å². The Kier molecular flexibility index (Phi) is 6.65. The van der Waals surface area contributed by atoms with E-state index >= 15 is 0 Å². The SMILES string of the molecule is O=C(O)CCCCCNSc1ccc(F)cc1. The molecule has 5 heteroatoms. The van der Waals surface area contributed by atoms with Crippen LogP contribution in [0.5, 0.6) is 0 Å². The van der Waals surface area contributed by atoms with E-state index < -0.39 is 5.97 Å². The van der Waals surface area contributed by atoms with Gasteiger partial charge in [-0.15, -0.1) is 0 Å². The van der Waals surface area contributed by atoms with Crippen molar-refractivity contribution in [3.63, 3.8) is 0 Å². The third-order valence-electron chi connectivity index (χ3n) is 2.17. The topological polar surface area (TPSA) is 49.3 Å². The molecule has 1 aromatic carbocycles. The van der Waals surface area contributed by atoms with Crippen LogP contribution in [0.2, 0.25) is 0 Å². The molecule has 0 aromatic heterocycles. The minimum atomic E-state index is -0.737. The summed E-state index contributed by atoms with van der Waals surface area (Å²) in [7, 11) is 0. The second kappa shape index (κ2) is 8.08. The molecule has 1 aromatic rings. The third kappa shape index (κ3) is 6.97. The van der Waals surface area contributed by atoms with Crippen LogP contribution in [0.25, 0.3) is 0 Å². The van der Waals surface area contributed by atoms with E-state index in [0.29, 0.717) is 0 Å². The number of aliphatic carboxylic acids is 1. The predicted molar refractivity (Wildman–Crippen MR) is 66.4 cm³/mol.